The number of carbonyl (C=O) groups excluding carboxylic acids is 2. The van der Waals surface area contributed by atoms with Gasteiger partial charge < -0.3 is 19.5 Å². The van der Waals surface area contributed by atoms with Crippen LogP contribution in [0.2, 0.25) is 0 Å². The minimum atomic E-state index is -0.331. The van der Waals surface area contributed by atoms with E-state index in [4.69, 9.17) is 4.42 Å². The molecule has 1 N–H and O–H groups in total. The Kier molecular flexibility index (Phi) is 5.79. The first-order valence-electron chi connectivity index (χ1n) is 8.90. The molecule has 3 aromatic rings. The fourth-order valence-electron chi connectivity index (χ4n) is 2.76. The molecule has 6 nitrogen and oxygen atoms in total. The monoisotopic (exact) mass is 377 g/mol. The normalized spacial score (nSPS) is 10.4. The Hall–Kier alpha value is -3.54. The van der Waals surface area contributed by atoms with Gasteiger partial charge in [0, 0.05) is 44.6 Å². The van der Waals surface area contributed by atoms with Gasteiger partial charge in [-0.2, -0.15) is 0 Å². The van der Waals surface area contributed by atoms with Crippen molar-refractivity contribution in [2.75, 3.05) is 31.4 Å². The second-order valence-electron chi connectivity index (χ2n) is 6.73. The van der Waals surface area contributed by atoms with E-state index in [1.165, 1.54) is 6.26 Å². The van der Waals surface area contributed by atoms with Crippen LogP contribution < -0.4 is 10.2 Å². The van der Waals surface area contributed by atoms with E-state index in [-0.39, 0.29) is 17.6 Å². The van der Waals surface area contributed by atoms with Crippen molar-refractivity contribution < 1.29 is 14.0 Å². The van der Waals surface area contributed by atoms with Crippen LogP contribution in [0.1, 0.15) is 26.5 Å². The third-order valence-corrected chi connectivity index (χ3v) is 4.35. The van der Waals surface area contributed by atoms with E-state index in [1.807, 2.05) is 43.3 Å². The Bertz CT molecular complexity index is 930. The van der Waals surface area contributed by atoms with Crippen LogP contribution in [-0.2, 0) is 6.54 Å². The molecule has 0 aliphatic rings. The quantitative estimate of drug-likeness (QED) is 0.708. The SMILES string of the molecule is CN(Cc1ccc(N(C)C)cc1)C(=O)c1ccc(NC(=O)c2ccco2)cc1. The van der Waals surface area contributed by atoms with Gasteiger partial charge in [0.1, 0.15) is 0 Å². The molecule has 2 amide bonds. The predicted molar refractivity (Wildman–Crippen MR) is 110 cm³/mol. The zero-order valence-electron chi connectivity index (χ0n) is 16.2. The third kappa shape index (κ3) is 4.59. The molecule has 144 valence electrons. The van der Waals surface area contributed by atoms with Crippen LogP contribution in [-0.4, -0.2) is 37.9 Å². The molecule has 1 aromatic heterocycles. The average Bonchev–Trinajstić information content (AvgIpc) is 3.23. The average molecular weight is 377 g/mol. The first-order chi connectivity index (χ1) is 13.4. The van der Waals surface area contributed by atoms with Crippen LogP contribution in [0.4, 0.5) is 11.4 Å². The van der Waals surface area contributed by atoms with Crippen LogP contribution in [0.15, 0.2) is 71.3 Å². The van der Waals surface area contributed by atoms with Gasteiger partial charge in [-0.15, -0.1) is 0 Å². The maximum Gasteiger partial charge on any atom is 0.291 e. The lowest BCUT2D eigenvalue weighted by Crippen LogP contribution is -2.26. The number of nitrogens with one attached hydrogen (secondary N) is 1. The van der Waals surface area contributed by atoms with E-state index in [0.717, 1.165) is 11.3 Å². The summed E-state index contributed by atoms with van der Waals surface area (Å²) in [5.41, 5.74) is 3.33. The van der Waals surface area contributed by atoms with Gasteiger partial charge >= 0.3 is 0 Å². The van der Waals surface area contributed by atoms with Gasteiger partial charge in [0.15, 0.2) is 5.76 Å². The summed E-state index contributed by atoms with van der Waals surface area (Å²) in [6.07, 6.45) is 1.45. The number of rotatable bonds is 6. The fourth-order valence-corrected chi connectivity index (χ4v) is 2.76. The minimum Gasteiger partial charge on any atom is -0.459 e. The molecule has 0 spiro atoms. The summed E-state index contributed by atoms with van der Waals surface area (Å²) >= 11 is 0. The number of amides is 2. The molecule has 0 fully saturated rings. The standard InChI is InChI=1S/C22H23N3O3/c1-24(2)19-12-6-16(7-13-19)15-25(3)22(27)17-8-10-18(11-9-17)23-21(26)20-5-4-14-28-20/h4-14H,15H2,1-3H3,(H,23,26). The van der Waals surface area contributed by atoms with Crippen LogP contribution >= 0.6 is 0 Å². The lowest BCUT2D eigenvalue weighted by Gasteiger charge is -2.19. The Labute approximate surface area is 164 Å². The summed E-state index contributed by atoms with van der Waals surface area (Å²) < 4.78 is 5.06. The largest absolute Gasteiger partial charge is 0.459 e. The number of furan rings is 1. The van der Waals surface area contributed by atoms with E-state index in [2.05, 4.69) is 5.32 Å². The van der Waals surface area contributed by atoms with Crippen LogP contribution in [0.3, 0.4) is 0 Å². The summed E-state index contributed by atoms with van der Waals surface area (Å²) in [7, 11) is 5.76. The van der Waals surface area contributed by atoms with Gasteiger partial charge in [-0.05, 0) is 54.1 Å². The molecule has 28 heavy (non-hydrogen) atoms. The Morgan fingerprint density at radius 3 is 2.18 bits per heavy atom. The van der Waals surface area contributed by atoms with Gasteiger partial charge in [0.2, 0.25) is 0 Å². The topological polar surface area (TPSA) is 65.8 Å². The molecular weight excluding hydrogens is 354 g/mol. The van der Waals surface area contributed by atoms with Crippen molar-refractivity contribution in [3.63, 3.8) is 0 Å². The molecule has 2 aromatic carbocycles. The second kappa shape index (κ2) is 8.43. The molecule has 0 saturated heterocycles. The van der Waals surface area contributed by atoms with E-state index in [0.29, 0.717) is 17.8 Å². The third-order valence-electron chi connectivity index (χ3n) is 4.35. The molecule has 0 aliphatic carbocycles. The van der Waals surface area contributed by atoms with E-state index >= 15 is 0 Å². The highest BCUT2D eigenvalue weighted by atomic mass is 16.3. The summed E-state index contributed by atoms with van der Waals surface area (Å²) in [6.45, 7) is 0.517. The molecule has 0 radical (unpaired) electrons. The van der Waals surface area contributed by atoms with Crippen molar-refractivity contribution in [2.45, 2.75) is 6.54 Å². The summed E-state index contributed by atoms with van der Waals surface area (Å²) in [5.74, 6) is -0.178. The minimum absolute atomic E-state index is 0.0828. The highest BCUT2D eigenvalue weighted by molar-refractivity contribution is 6.02. The van der Waals surface area contributed by atoms with Gasteiger partial charge in [0.05, 0.1) is 6.26 Å². The summed E-state index contributed by atoms with van der Waals surface area (Å²) in [5, 5.41) is 2.73. The summed E-state index contributed by atoms with van der Waals surface area (Å²) in [6, 6.07) is 18.2. The van der Waals surface area contributed by atoms with Crippen LogP contribution in [0.25, 0.3) is 0 Å². The number of hydrogen-bond acceptors (Lipinski definition) is 4. The molecule has 0 saturated carbocycles. The van der Waals surface area contributed by atoms with Crippen LogP contribution in [0, 0.1) is 0 Å². The highest BCUT2D eigenvalue weighted by Crippen LogP contribution is 2.16. The van der Waals surface area contributed by atoms with E-state index in [9.17, 15) is 9.59 Å². The zero-order chi connectivity index (χ0) is 20.1. The van der Waals surface area contributed by atoms with Gasteiger partial charge in [-0.25, -0.2) is 0 Å². The molecule has 1 heterocycles. The molecule has 0 bridgehead atoms. The van der Waals surface area contributed by atoms with Gasteiger partial charge in [-0.3, -0.25) is 9.59 Å². The number of nitrogens with zero attached hydrogens (tertiary/aromatic N) is 2. The number of hydrogen-bond donors (Lipinski definition) is 1. The van der Waals surface area contributed by atoms with Crippen molar-refractivity contribution in [2.24, 2.45) is 0 Å². The van der Waals surface area contributed by atoms with Crippen molar-refractivity contribution in [1.82, 2.24) is 4.90 Å². The lowest BCUT2D eigenvalue weighted by atomic mass is 10.1. The van der Waals surface area contributed by atoms with Crippen molar-refractivity contribution in [1.29, 1.82) is 0 Å². The number of benzene rings is 2. The van der Waals surface area contributed by atoms with Crippen molar-refractivity contribution >= 4 is 23.2 Å². The maximum atomic E-state index is 12.7. The molecule has 6 heteroatoms. The maximum absolute atomic E-state index is 12.7. The molecule has 0 atom stereocenters. The molecule has 0 aliphatic heterocycles. The van der Waals surface area contributed by atoms with Crippen molar-refractivity contribution in [3.8, 4) is 0 Å². The van der Waals surface area contributed by atoms with Gasteiger partial charge in [-0.1, -0.05) is 12.1 Å². The zero-order valence-corrected chi connectivity index (χ0v) is 16.2. The van der Waals surface area contributed by atoms with Crippen molar-refractivity contribution in [3.05, 3.63) is 83.8 Å². The number of anilines is 2. The molecule has 3 rings (SSSR count). The number of carbonyl (C=O) groups is 2. The first-order valence-corrected chi connectivity index (χ1v) is 8.90. The Morgan fingerprint density at radius 1 is 0.929 bits per heavy atom. The smallest absolute Gasteiger partial charge is 0.291 e. The van der Waals surface area contributed by atoms with Crippen LogP contribution in [0.5, 0.6) is 0 Å². The molecular formula is C22H23N3O3. The Morgan fingerprint density at radius 2 is 1.61 bits per heavy atom. The fraction of sp³-hybridized carbons (Fsp3) is 0.182. The lowest BCUT2D eigenvalue weighted by molar-refractivity contribution is 0.0785. The van der Waals surface area contributed by atoms with E-state index in [1.54, 1.807) is 48.3 Å². The van der Waals surface area contributed by atoms with E-state index < -0.39 is 0 Å². The summed E-state index contributed by atoms with van der Waals surface area (Å²) in [4.78, 5) is 28.3. The Balaban J connectivity index is 1.61. The first kappa shape index (κ1) is 19.2. The van der Waals surface area contributed by atoms with Gasteiger partial charge in [0.25, 0.3) is 11.8 Å². The predicted octanol–water partition coefficient (Wildman–Crippen LogP) is 3.87. The second-order valence-corrected chi connectivity index (χ2v) is 6.73. The highest BCUT2D eigenvalue weighted by Gasteiger charge is 2.13. The molecule has 0 unspecified atom stereocenters.